The summed E-state index contributed by atoms with van der Waals surface area (Å²) in [5, 5.41) is 0.706. The van der Waals surface area contributed by atoms with Crippen LogP contribution >= 0.6 is 11.6 Å². The Labute approximate surface area is 244 Å². The van der Waals surface area contributed by atoms with Gasteiger partial charge in [0.1, 0.15) is 5.75 Å². The van der Waals surface area contributed by atoms with E-state index >= 15 is 0 Å². The molecule has 5 heteroatoms. The molecule has 0 radical (unpaired) electrons. The van der Waals surface area contributed by atoms with Gasteiger partial charge >= 0.3 is 5.97 Å². The van der Waals surface area contributed by atoms with Crippen molar-refractivity contribution in [1.82, 2.24) is 0 Å². The van der Waals surface area contributed by atoms with E-state index in [-0.39, 0.29) is 11.4 Å². The van der Waals surface area contributed by atoms with Crippen LogP contribution in [0.25, 0.3) is 0 Å². The monoisotopic (exact) mass is 560 g/mol. The highest BCUT2D eigenvalue weighted by Gasteiger charge is 2.54. The number of carbonyl (C=O) groups is 1. The van der Waals surface area contributed by atoms with Crippen molar-refractivity contribution in [2.45, 2.75) is 63.9 Å². The first-order valence-corrected chi connectivity index (χ1v) is 14.9. The molecule has 1 saturated carbocycles. The number of hydrogen-bond donors (Lipinski definition) is 0. The van der Waals surface area contributed by atoms with Crippen molar-refractivity contribution in [3.05, 3.63) is 100 Å². The molecule has 40 heavy (non-hydrogen) atoms. The normalized spacial score (nSPS) is 24.4. The van der Waals surface area contributed by atoms with E-state index in [1.54, 1.807) is 7.11 Å². The molecule has 5 rings (SSSR count). The minimum absolute atomic E-state index is 0.0900. The molecule has 4 nitrogen and oxygen atoms in total. The zero-order chi connectivity index (χ0) is 28.2. The van der Waals surface area contributed by atoms with Gasteiger partial charge in [-0.05, 0) is 109 Å². The number of fused-ring (bicyclic) bond motifs is 2. The number of esters is 1. The molecule has 1 unspecified atom stereocenters. The van der Waals surface area contributed by atoms with Crippen LogP contribution in [-0.2, 0) is 39.1 Å². The summed E-state index contributed by atoms with van der Waals surface area (Å²) in [6.45, 7) is 3.65. The van der Waals surface area contributed by atoms with Gasteiger partial charge in [0, 0.05) is 11.6 Å². The van der Waals surface area contributed by atoms with Crippen LogP contribution in [0.5, 0.6) is 5.75 Å². The van der Waals surface area contributed by atoms with Gasteiger partial charge < -0.3 is 14.2 Å². The SMILES string of the molecule is COC(=O)C1(Cc2cccc(Cl)c2)CCC2(CC1)c1ccccc1CC2C[C@@H](C)COCc1ccc(OC)cc1. The van der Waals surface area contributed by atoms with E-state index in [0.29, 0.717) is 29.9 Å². The van der Waals surface area contributed by atoms with Crippen LogP contribution < -0.4 is 4.74 Å². The molecule has 212 valence electrons. The van der Waals surface area contributed by atoms with Crippen molar-refractivity contribution in [3.63, 3.8) is 0 Å². The maximum atomic E-state index is 13.3. The van der Waals surface area contributed by atoms with Crippen LogP contribution in [0.3, 0.4) is 0 Å². The topological polar surface area (TPSA) is 44.8 Å². The van der Waals surface area contributed by atoms with E-state index in [1.165, 1.54) is 18.2 Å². The predicted molar refractivity (Wildman–Crippen MR) is 160 cm³/mol. The Kier molecular flexibility index (Phi) is 8.87. The Bertz CT molecular complexity index is 1290. The molecule has 2 atom stereocenters. The van der Waals surface area contributed by atoms with Crippen molar-refractivity contribution in [2.75, 3.05) is 20.8 Å². The van der Waals surface area contributed by atoms with E-state index in [9.17, 15) is 4.79 Å². The summed E-state index contributed by atoms with van der Waals surface area (Å²) >= 11 is 6.30. The molecule has 0 saturated heterocycles. The minimum atomic E-state index is -0.514. The highest BCUT2D eigenvalue weighted by Crippen LogP contribution is 2.58. The Morgan fingerprint density at radius 3 is 2.40 bits per heavy atom. The Morgan fingerprint density at radius 1 is 0.950 bits per heavy atom. The van der Waals surface area contributed by atoms with Crippen LogP contribution in [0.15, 0.2) is 72.8 Å². The van der Waals surface area contributed by atoms with Crippen LogP contribution in [0.1, 0.15) is 61.3 Å². The fraction of sp³-hybridized carbons (Fsp3) is 0.457. The van der Waals surface area contributed by atoms with Crippen LogP contribution in [0.2, 0.25) is 5.02 Å². The van der Waals surface area contributed by atoms with Gasteiger partial charge in [0.2, 0.25) is 0 Å². The molecule has 3 aromatic carbocycles. The number of carbonyl (C=O) groups excluding carboxylic acids is 1. The van der Waals surface area contributed by atoms with Crippen molar-refractivity contribution in [1.29, 1.82) is 0 Å². The fourth-order valence-electron chi connectivity index (χ4n) is 7.39. The number of hydrogen-bond acceptors (Lipinski definition) is 4. The molecule has 0 aliphatic heterocycles. The quantitative estimate of drug-likeness (QED) is 0.236. The standard InChI is InChI=1S/C35H41ClO4/c1-25(23-40-24-26-11-13-31(38-2)14-12-26)19-29-21-28-8-4-5-10-32(28)35(29)17-15-34(16-18-35,33(37)39-3)22-27-7-6-9-30(36)20-27/h4-14,20,25,29H,15-19,21-24H2,1-3H3/t25-,29?,34?,35?/m1/s1. The molecule has 0 amide bonds. The maximum absolute atomic E-state index is 13.3. The Morgan fingerprint density at radius 2 is 1.70 bits per heavy atom. The molecule has 0 aromatic heterocycles. The van der Waals surface area contributed by atoms with E-state index in [0.717, 1.165) is 62.0 Å². The molecule has 1 spiro atoms. The highest BCUT2D eigenvalue weighted by atomic mass is 35.5. The predicted octanol–water partition coefficient (Wildman–Crippen LogP) is 7.98. The Balaban J connectivity index is 1.29. The van der Waals surface area contributed by atoms with Crippen molar-refractivity contribution in [2.24, 2.45) is 17.3 Å². The first-order valence-electron chi connectivity index (χ1n) is 14.5. The lowest BCUT2D eigenvalue weighted by molar-refractivity contribution is -0.156. The molecule has 0 bridgehead atoms. The molecule has 2 aliphatic carbocycles. The van der Waals surface area contributed by atoms with Crippen molar-refractivity contribution < 1.29 is 19.0 Å². The highest BCUT2D eigenvalue weighted by molar-refractivity contribution is 6.30. The summed E-state index contributed by atoms with van der Waals surface area (Å²) in [5.41, 5.74) is 4.79. The molecular weight excluding hydrogens is 520 g/mol. The molecule has 3 aromatic rings. The van der Waals surface area contributed by atoms with Gasteiger partial charge in [0.05, 0.1) is 26.2 Å². The molecule has 1 fully saturated rings. The van der Waals surface area contributed by atoms with Crippen molar-refractivity contribution in [3.8, 4) is 5.75 Å². The summed E-state index contributed by atoms with van der Waals surface area (Å²) < 4.78 is 16.8. The van der Waals surface area contributed by atoms with E-state index < -0.39 is 5.41 Å². The number of benzene rings is 3. The lowest BCUT2D eigenvalue weighted by atomic mass is 9.56. The molecule has 2 aliphatic rings. The van der Waals surface area contributed by atoms with E-state index in [4.69, 9.17) is 25.8 Å². The summed E-state index contributed by atoms with van der Waals surface area (Å²) in [6, 6.07) is 25.0. The van der Waals surface area contributed by atoms with Gasteiger partial charge in [-0.3, -0.25) is 4.79 Å². The smallest absolute Gasteiger partial charge is 0.312 e. The molecule has 0 N–H and O–H groups in total. The molecular formula is C35H41ClO4. The second-order valence-electron chi connectivity index (χ2n) is 12.0. The average molecular weight is 561 g/mol. The third-order valence-electron chi connectivity index (χ3n) is 9.47. The summed E-state index contributed by atoms with van der Waals surface area (Å²) in [7, 11) is 3.20. The lowest BCUT2D eigenvalue weighted by Crippen LogP contribution is -2.45. The van der Waals surface area contributed by atoms with Gasteiger partial charge in [-0.2, -0.15) is 0 Å². The lowest BCUT2D eigenvalue weighted by Gasteiger charge is -2.47. The van der Waals surface area contributed by atoms with Gasteiger partial charge in [-0.25, -0.2) is 0 Å². The molecule has 0 heterocycles. The third kappa shape index (κ3) is 5.94. The second kappa shape index (κ2) is 12.4. The summed E-state index contributed by atoms with van der Waals surface area (Å²) in [6.07, 6.45) is 6.49. The number of ether oxygens (including phenoxy) is 3. The first kappa shape index (κ1) is 28.7. The number of halogens is 1. The second-order valence-corrected chi connectivity index (χ2v) is 12.4. The number of methoxy groups -OCH3 is 2. The van der Waals surface area contributed by atoms with Crippen LogP contribution in [0.4, 0.5) is 0 Å². The zero-order valence-corrected chi connectivity index (χ0v) is 24.7. The fourth-order valence-corrected chi connectivity index (χ4v) is 7.60. The Hall–Kier alpha value is -2.82. The van der Waals surface area contributed by atoms with E-state index in [2.05, 4.69) is 49.4 Å². The van der Waals surface area contributed by atoms with Gasteiger partial charge in [-0.1, -0.05) is 67.1 Å². The summed E-state index contributed by atoms with van der Waals surface area (Å²) in [5.74, 6) is 1.74. The van der Waals surface area contributed by atoms with Gasteiger partial charge in [0.15, 0.2) is 0 Å². The first-order chi connectivity index (χ1) is 19.4. The van der Waals surface area contributed by atoms with E-state index in [1.807, 2.05) is 30.3 Å². The maximum Gasteiger partial charge on any atom is 0.312 e. The van der Waals surface area contributed by atoms with Crippen LogP contribution in [0, 0.1) is 17.3 Å². The zero-order valence-electron chi connectivity index (χ0n) is 24.0. The van der Waals surface area contributed by atoms with Gasteiger partial charge in [0.25, 0.3) is 0 Å². The average Bonchev–Trinajstić information content (AvgIpc) is 3.26. The minimum Gasteiger partial charge on any atom is -0.497 e. The summed E-state index contributed by atoms with van der Waals surface area (Å²) in [4.78, 5) is 13.3. The number of rotatable bonds is 10. The van der Waals surface area contributed by atoms with Crippen molar-refractivity contribution >= 4 is 17.6 Å². The van der Waals surface area contributed by atoms with Gasteiger partial charge in [-0.15, -0.1) is 0 Å². The van der Waals surface area contributed by atoms with Crippen LogP contribution in [-0.4, -0.2) is 26.8 Å². The largest absolute Gasteiger partial charge is 0.497 e. The third-order valence-corrected chi connectivity index (χ3v) is 9.70.